The van der Waals surface area contributed by atoms with Gasteiger partial charge in [-0.3, -0.25) is 9.00 Å². The Hall–Kier alpha value is -1.93. The number of carbonyl (C=O) groups is 1. The Kier molecular flexibility index (Phi) is 6.55. The predicted molar refractivity (Wildman–Crippen MR) is 67.0 cm³/mol. The van der Waals surface area contributed by atoms with E-state index >= 15 is 0 Å². The standard InChI is InChI=1S/C10H12N4O4S/c1-18-7-6-11-14-12-10(15)8-2-4-9(5-3-8)13-19(16)17/h2-5H,6-7H2,1H3,(H-,13,15,16,17). The highest BCUT2D eigenvalue weighted by molar-refractivity contribution is 7.80. The van der Waals surface area contributed by atoms with Gasteiger partial charge in [0.15, 0.2) is 0 Å². The van der Waals surface area contributed by atoms with Gasteiger partial charge < -0.3 is 14.0 Å². The van der Waals surface area contributed by atoms with Crippen molar-refractivity contribution in [2.45, 2.75) is 0 Å². The van der Waals surface area contributed by atoms with Gasteiger partial charge in [-0.05, 0) is 24.3 Å². The van der Waals surface area contributed by atoms with Crippen LogP contribution in [-0.4, -0.2) is 34.9 Å². The zero-order valence-corrected chi connectivity index (χ0v) is 10.9. The smallest absolute Gasteiger partial charge is 0.360 e. The van der Waals surface area contributed by atoms with E-state index in [0.717, 1.165) is 0 Å². The summed E-state index contributed by atoms with van der Waals surface area (Å²) in [4.78, 5) is 14.9. The highest BCUT2D eigenvalue weighted by atomic mass is 32.2. The van der Waals surface area contributed by atoms with Crippen molar-refractivity contribution in [3.63, 3.8) is 0 Å². The molecule has 19 heavy (non-hydrogen) atoms. The van der Waals surface area contributed by atoms with Crippen LogP contribution in [0.1, 0.15) is 10.4 Å². The molecule has 102 valence electrons. The van der Waals surface area contributed by atoms with E-state index < -0.39 is 17.2 Å². The third-order valence-electron chi connectivity index (χ3n) is 1.93. The molecule has 9 heteroatoms. The van der Waals surface area contributed by atoms with Crippen molar-refractivity contribution in [1.82, 2.24) is 4.91 Å². The van der Waals surface area contributed by atoms with Crippen LogP contribution in [0, 0.1) is 0 Å². The van der Waals surface area contributed by atoms with Gasteiger partial charge in [0.25, 0.3) is 0 Å². The fourth-order valence-electron chi connectivity index (χ4n) is 1.08. The molecule has 0 aliphatic rings. The SMILES string of the molecule is COCCN=[N+]=NC(=O)c1ccc(NS(=O)[O-])cc1. The molecule has 1 amide bonds. The minimum atomic E-state index is -2.40. The van der Waals surface area contributed by atoms with E-state index in [2.05, 4.69) is 19.9 Å². The van der Waals surface area contributed by atoms with Gasteiger partial charge in [0.1, 0.15) is 11.7 Å². The third kappa shape index (κ3) is 5.98. The van der Waals surface area contributed by atoms with E-state index in [1.807, 2.05) is 0 Å². The van der Waals surface area contributed by atoms with Gasteiger partial charge in [0.05, 0.1) is 6.61 Å². The molecule has 0 spiro atoms. The van der Waals surface area contributed by atoms with Crippen molar-refractivity contribution in [3.8, 4) is 0 Å². The molecule has 0 saturated heterocycles. The molecule has 0 saturated carbocycles. The average molecular weight is 284 g/mol. The number of nitrogens with one attached hydrogen (secondary N) is 1. The van der Waals surface area contributed by atoms with Gasteiger partial charge in [-0.15, -0.1) is 0 Å². The lowest BCUT2D eigenvalue weighted by Crippen LogP contribution is -2.02. The highest BCUT2D eigenvalue weighted by Gasteiger charge is 2.09. The summed E-state index contributed by atoms with van der Waals surface area (Å²) in [7, 11) is 1.53. The van der Waals surface area contributed by atoms with Crippen LogP contribution in [0.4, 0.5) is 5.69 Å². The Morgan fingerprint density at radius 3 is 2.74 bits per heavy atom. The van der Waals surface area contributed by atoms with Gasteiger partial charge in [0.2, 0.25) is 10.0 Å². The lowest BCUT2D eigenvalue weighted by Gasteiger charge is -2.07. The summed E-state index contributed by atoms with van der Waals surface area (Å²) in [6.45, 7) is 0.728. The van der Waals surface area contributed by atoms with Crippen molar-refractivity contribution >= 4 is 22.9 Å². The Labute approximate surface area is 112 Å². The molecule has 0 aromatic heterocycles. The molecular weight excluding hydrogens is 272 g/mol. The number of ether oxygens (including phenoxy) is 1. The predicted octanol–water partition coefficient (Wildman–Crippen LogP) is 0.651. The molecule has 8 nitrogen and oxygen atoms in total. The summed E-state index contributed by atoms with van der Waals surface area (Å²) in [6, 6.07) is 5.76. The zero-order valence-electron chi connectivity index (χ0n) is 10.1. The van der Waals surface area contributed by atoms with Crippen LogP contribution in [0.3, 0.4) is 0 Å². The molecule has 0 bridgehead atoms. The molecule has 1 N–H and O–H groups in total. The summed E-state index contributed by atoms with van der Waals surface area (Å²) in [5.41, 5.74) is 0.638. The minimum Gasteiger partial charge on any atom is -0.755 e. The first-order valence-corrected chi connectivity index (χ1v) is 6.27. The number of benzene rings is 1. The van der Waals surface area contributed by atoms with E-state index in [9.17, 15) is 13.6 Å². The van der Waals surface area contributed by atoms with Gasteiger partial charge in [0, 0.05) is 29.6 Å². The molecule has 1 rings (SSSR count). The molecule has 1 aromatic carbocycles. The van der Waals surface area contributed by atoms with Crippen LogP contribution in [-0.2, 0) is 16.0 Å². The molecule has 0 aliphatic carbocycles. The lowest BCUT2D eigenvalue weighted by atomic mass is 10.2. The molecule has 1 aromatic rings. The largest absolute Gasteiger partial charge is 0.755 e. The maximum absolute atomic E-state index is 11.5. The minimum absolute atomic E-state index is 0.285. The van der Waals surface area contributed by atoms with Crippen LogP contribution in [0.25, 0.3) is 0 Å². The topological polar surface area (TPSA) is 117 Å². The van der Waals surface area contributed by atoms with Crippen molar-refractivity contribution < 1.29 is 18.3 Å². The third-order valence-corrected chi connectivity index (χ3v) is 2.33. The monoisotopic (exact) mass is 284 g/mol. The fraction of sp³-hybridized carbons (Fsp3) is 0.300. The van der Waals surface area contributed by atoms with Gasteiger partial charge in [-0.25, -0.2) is 0 Å². The molecule has 0 fully saturated rings. The van der Waals surface area contributed by atoms with Crippen LogP contribution in [0.5, 0.6) is 0 Å². The number of hydrogen-bond acceptors (Lipinski definition) is 5. The van der Waals surface area contributed by atoms with Crippen molar-refractivity contribution in [2.75, 3.05) is 25.0 Å². The molecule has 0 aliphatic heterocycles. The second-order valence-electron chi connectivity index (χ2n) is 3.27. The number of rotatable bonds is 6. The van der Waals surface area contributed by atoms with E-state index in [-0.39, 0.29) is 5.56 Å². The first-order chi connectivity index (χ1) is 9.13. The zero-order chi connectivity index (χ0) is 14.1. The quantitative estimate of drug-likeness (QED) is 0.357. The lowest BCUT2D eigenvalue weighted by molar-refractivity contribution is 0.0992. The Bertz CT molecular complexity index is 511. The number of amides is 1. The number of anilines is 1. The molecule has 1 unspecified atom stereocenters. The molecule has 0 heterocycles. The summed E-state index contributed by atoms with van der Waals surface area (Å²) in [5.74, 6) is -0.559. The first kappa shape index (κ1) is 15.1. The van der Waals surface area contributed by atoms with Gasteiger partial charge in [-0.2, -0.15) is 0 Å². The molecule has 1 atom stereocenters. The number of carbonyl (C=O) groups excluding carboxylic acids is 1. The van der Waals surface area contributed by atoms with E-state index in [0.29, 0.717) is 18.8 Å². The highest BCUT2D eigenvalue weighted by Crippen LogP contribution is 2.10. The summed E-state index contributed by atoms with van der Waals surface area (Å²) < 4.78 is 27.7. The maximum atomic E-state index is 11.5. The van der Waals surface area contributed by atoms with Crippen molar-refractivity contribution in [1.29, 1.82) is 0 Å². The van der Waals surface area contributed by atoms with E-state index in [4.69, 9.17) is 4.74 Å². The van der Waals surface area contributed by atoms with Gasteiger partial charge >= 0.3 is 5.91 Å². The Morgan fingerprint density at radius 2 is 2.16 bits per heavy atom. The first-order valence-electron chi connectivity index (χ1n) is 5.20. The second-order valence-corrected chi connectivity index (χ2v) is 3.94. The van der Waals surface area contributed by atoms with E-state index in [1.54, 1.807) is 0 Å². The van der Waals surface area contributed by atoms with Crippen LogP contribution in [0.15, 0.2) is 34.5 Å². The van der Waals surface area contributed by atoms with Crippen LogP contribution < -0.4 is 9.63 Å². The van der Waals surface area contributed by atoms with Crippen LogP contribution >= 0.6 is 0 Å². The number of hydrogen-bond donors (Lipinski definition) is 1. The summed E-state index contributed by atoms with van der Waals surface area (Å²) >= 11 is -2.40. The normalized spacial score (nSPS) is 11.3. The maximum Gasteiger partial charge on any atom is 0.360 e. The van der Waals surface area contributed by atoms with Gasteiger partial charge in [-0.1, -0.05) is 0 Å². The Balaban J connectivity index is 2.62. The molecule has 0 radical (unpaired) electrons. The van der Waals surface area contributed by atoms with Crippen molar-refractivity contribution in [2.24, 2.45) is 10.2 Å². The van der Waals surface area contributed by atoms with E-state index in [1.165, 1.54) is 31.4 Å². The fourth-order valence-corrected chi connectivity index (χ4v) is 1.41. The molecular formula is C10H12N4O4S. The number of methoxy groups -OCH3 is 1. The number of nitrogens with zero attached hydrogens (tertiary/aromatic N) is 3. The second kappa shape index (κ2) is 8.22. The average Bonchev–Trinajstić information content (AvgIpc) is 2.38. The Morgan fingerprint density at radius 1 is 1.47 bits per heavy atom. The summed E-state index contributed by atoms with van der Waals surface area (Å²) in [5, 5.41) is 6.98. The van der Waals surface area contributed by atoms with Crippen molar-refractivity contribution in [3.05, 3.63) is 29.8 Å². The summed E-state index contributed by atoms with van der Waals surface area (Å²) in [6.07, 6.45) is 0. The van der Waals surface area contributed by atoms with Crippen LogP contribution in [0.2, 0.25) is 0 Å².